The van der Waals surface area contributed by atoms with Crippen LogP contribution in [0.4, 0.5) is 17.5 Å². The van der Waals surface area contributed by atoms with Gasteiger partial charge in [-0.25, -0.2) is 9.97 Å². The number of carbonyl (C=O) groups excluding carboxylic acids is 1. The molecule has 1 unspecified atom stereocenters. The number of hydrogen-bond acceptors (Lipinski definition) is 7. The lowest BCUT2D eigenvalue weighted by molar-refractivity contribution is 0.0855. The molecule has 2 N–H and O–H groups in total. The fourth-order valence-corrected chi connectivity index (χ4v) is 5.67. The van der Waals surface area contributed by atoms with Gasteiger partial charge in [-0.2, -0.15) is 4.98 Å². The maximum absolute atomic E-state index is 12.7. The van der Waals surface area contributed by atoms with Crippen LogP contribution < -0.4 is 15.5 Å². The van der Waals surface area contributed by atoms with Crippen LogP contribution in [0.3, 0.4) is 0 Å². The predicted octanol–water partition coefficient (Wildman–Crippen LogP) is 3.33. The van der Waals surface area contributed by atoms with Gasteiger partial charge < -0.3 is 20.1 Å². The molecule has 3 aliphatic rings. The van der Waals surface area contributed by atoms with Crippen LogP contribution in [0.15, 0.2) is 30.6 Å². The smallest absolute Gasteiger partial charge is 0.268 e. The standard InChI is InChI=1S/C25H32N8O/c1-16(2)31-9-11-32(12-10-31)18-7-8-22(26-15-18)29-25-27-14-17-13-21-24(34)28-19-5-3-4-6-20(19)33(21)23(17)30-25/h7-8,13-16,19-20H,3-6,9-12H2,1-2H3,(H,28,34)(H,26,27,29,30)/t19-,20?/m0/s1. The number of anilines is 3. The first-order valence-corrected chi connectivity index (χ1v) is 12.5. The molecular weight excluding hydrogens is 428 g/mol. The summed E-state index contributed by atoms with van der Waals surface area (Å²) in [5.41, 5.74) is 2.64. The lowest BCUT2D eigenvalue weighted by Gasteiger charge is -2.38. The van der Waals surface area contributed by atoms with Crippen molar-refractivity contribution in [2.24, 2.45) is 0 Å². The summed E-state index contributed by atoms with van der Waals surface area (Å²) >= 11 is 0. The monoisotopic (exact) mass is 460 g/mol. The molecule has 1 saturated carbocycles. The number of piperazine rings is 1. The van der Waals surface area contributed by atoms with Crippen molar-refractivity contribution >= 4 is 34.4 Å². The number of amides is 1. The quantitative estimate of drug-likeness (QED) is 0.617. The van der Waals surface area contributed by atoms with E-state index in [1.54, 1.807) is 6.20 Å². The van der Waals surface area contributed by atoms with Gasteiger partial charge in [-0.15, -0.1) is 0 Å². The fourth-order valence-electron chi connectivity index (χ4n) is 5.67. The molecule has 2 atom stereocenters. The second kappa shape index (κ2) is 8.54. The lowest BCUT2D eigenvalue weighted by atomic mass is 9.88. The number of carbonyl (C=O) groups is 1. The Labute approximate surface area is 199 Å². The van der Waals surface area contributed by atoms with Crippen LogP contribution in [0.1, 0.15) is 56.1 Å². The van der Waals surface area contributed by atoms with Gasteiger partial charge in [-0.3, -0.25) is 9.69 Å². The van der Waals surface area contributed by atoms with E-state index in [2.05, 4.69) is 54.9 Å². The second-order valence-electron chi connectivity index (χ2n) is 9.95. The summed E-state index contributed by atoms with van der Waals surface area (Å²) in [6.45, 7) is 8.69. The van der Waals surface area contributed by atoms with Crippen LogP contribution in [0.25, 0.3) is 11.0 Å². The number of pyridine rings is 1. The van der Waals surface area contributed by atoms with Crippen molar-refractivity contribution in [1.82, 2.24) is 29.7 Å². The van der Waals surface area contributed by atoms with E-state index >= 15 is 0 Å². The summed E-state index contributed by atoms with van der Waals surface area (Å²) in [5.74, 6) is 1.20. The zero-order valence-electron chi connectivity index (χ0n) is 19.9. The summed E-state index contributed by atoms with van der Waals surface area (Å²) in [5, 5.41) is 7.34. The maximum Gasteiger partial charge on any atom is 0.268 e. The zero-order valence-corrected chi connectivity index (χ0v) is 19.9. The van der Waals surface area contributed by atoms with Crippen molar-refractivity contribution in [2.45, 2.75) is 57.7 Å². The minimum absolute atomic E-state index is 0.0119. The van der Waals surface area contributed by atoms with Gasteiger partial charge in [0.25, 0.3) is 5.91 Å². The average Bonchev–Trinajstić information content (AvgIpc) is 3.25. The summed E-state index contributed by atoms with van der Waals surface area (Å²) in [6, 6.07) is 7.03. The van der Waals surface area contributed by atoms with E-state index in [1.807, 2.05) is 18.3 Å². The second-order valence-corrected chi connectivity index (χ2v) is 9.95. The van der Waals surface area contributed by atoms with Crippen LogP contribution in [0.5, 0.6) is 0 Å². The van der Waals surface area contributed by atoms with Crippen molar-refractivity contribution in [3.63, 3.8) is 0 Å². The van der Waals surface area contributed by atoms with Crippen molar-refractivity contribution in [2.75, 3.05) is 36.4 Å². The van der Waals surface area contributed by atoms with Crippen LogP contribution in [0.2, 0.25) is 0 Å². The third-order valence-corrected chi connectivity index (χ3v) is 7.58. The molecule has 3 aromatic rings. The summed E-state index contributed by atoms with van der Waals surface area (Å²) in [6.07, 6.45) is 8.13. The van der Waals surface area contributed by atoms with E-state index in [4.69, 9.17) is 4.98 Å². The molecule has 9 nitrogen and oxygen atoms in total. The van der Waals surface area contributed by atoms with E-state index in [9.17, 15) is 4.79 Å². The Kier molecular flexibility index (Phi) is 5.36. The Bertz CT molecular complexity index is 1200. The van der Waals surface area contributed by atoms with E-state index in [-0.39, 0.29) is 18.0 Å². The van der Waals surface area contributed by atoms with Gasteiger partial charge in [-0.05, 0) is 44.9 Å². The first-order chi connectivity index (χ1) is 16.6. The minimum atomic E-state index is -0.0119. The van der Waals surface area contributed by atoms with Crippen molar-refractivity contribution in [3.8, 4) is 0 Å². The molecule has 1 amide bonds. The molecule has 178 valence electrons. The molecule has 0 aromatic carbocycles. The molecule has 5 heterocycles. The molecular formula is C25H32N8O. The van der Waals surface area contributed by atoms with E-state index in [0.717, 1.165) is 62.2 Å². The number of rotatable bonds is 4. The number of nitrogens with zero attached hydrogens (tertiary/aromatic N) is 6. The van der Waals surface area contributed by atoms with Crippen LogP contribution in [-0.2, 0) is 0 Å². The van der Waals surface area contributed by atoms with Crippen LogP contribution >= 0.6 is 0 Å². The third-order valence-electron chi connectivity index (χ3n) is 7.58. The molecule has 1 saturated heterocycles. The SMILES string of the molecule is CC(C)N1CCN(c2ccc(Nc3ncc4cc5n(c4n3)C3CCCC[C@@H]3NC5=O)nc2)CC1. The third kappa shape index (κ3) is 3.77. The number of nitrogens with one attached hydrogen (secondary N) is 2. The molecule has 3 aromatic heterocycles. The highest BCUT2D eigenvalue weighted by Gasteiger charge is 2.36. The maximum atomic E-state index is 12.7. The molecule has 34 heavy (non-hydrogen) atoms. The molecule has 2 aliphatic heterocycles. The molecule has 0 radical (unpaired) electrons. The van der Waals surface area contributed by atoms with Crippen molar-refractivity contribution < 1.29 is 4.79 Å². The number of fused-ring (bicyclic) bond motifs is 5. The van der Waals surface area contributed by atoms with E-state index in [1.165, 1.54) is 6.42 Å². The first-order valence-electron chi connectivity index (χ1n) is 12.5. The highest BCUT2D eigenvalue weighted by molar-refractivity contribution is 5.99. The van der Waals surface area contributed by atoms with Gasteiger partial charge in [0.1, 0.15) is 17.2 Å². The number of hydrogen-bond donors (Lipinski definition) is 2. The number of aromatic nitrogens is 4. The fraction of sp³-hybridized carbons (Fsp3) is 0.520. The van der Waals surface area contributed by atoms with Gasteiger partial charge in [0.15, 0.2) is 0 Å². The van der Waals surface area contributed by atoms with Gasteiger partial charge in [0.2, 0.25) is 5.95 Å². The highest BCUT2D eigenvalue weighted by Crippen LogP contribution is 2.36. The Morgan fingerprint density at radius 2 is 1.88 bits per heavy atom. The molecule has 0 bridgehead atoms. The molecule has 0 spiro atoms. The van der Waals surface area contributed by atoms with Gasteiger partial charge in [0, 0.05) is 49.8 Å². The molecule has 9 heteroatoms. The Morgan fingerprint density at radius 1 is 1.06 bits per heavy atom. The Balaban J connectivity index is 1.21. The lowest BCUT2D eigenvalue weighted by Crippen LogP contribution is -2.48. The van der Waals surface area contributed by atoms with E-state index in [0.29, 0.717) is 23.5 Å². The Hall–Kier alpha value is -3.20. The van der Waals surface area contributed by atoms with Crippen LogP contribution in [-0.4, -0.2) is 68.6 Å². The summed E-state index contributed by atoms with van der Waals surface area (Å²) in [4.78, 5) is 31.5. The van der Waals surface area contributed by atoms with Gasteiger partial charge in [0.05, 0.1) is 17.9 Å². The highest BCUT2D eigenvalue weighted by atomic mass is 16.2. The summed E-state index contributed by atoms with van der Waals surface area (Å²) in [7, 11) is 0. The van der Waals surface area contributed by atoms with Crippen LogP contribution in [0, 0.1) is 0 Å². The molecule has 6 rings (SSSR count). The predicted molar refractivity (Wildman–Crippen MR) is 133 cm³/mol. The minimum Gasteiger partial charge on any atom is -0.368 e. The van der Waals surface area contributed by atoms with Crippen molar-refractivity contribution in [1.29, 1.82) is 0 Å². The van der Waals surface area contributed by atoms with Gasteiger partial charge in [-0.1, -0.05) is 12.8 Å². The normalized spacial score (nSPS) is 23.0. The zero-order chi connectivity index (χ0) is 23.2. The molecule has 2 fully saturated rings. The average molecular weight is 461 g/mol. The molecule has 1 aliphatic carbocycles. The summed E-state index contributed by atoms with van der Waals surface area (Å²) < 4.78 is 2.14. The van der Waals surface area contributed by atoms with Gasteiger partial charge >= 0.3 is 0 Å². The van der Waals surface area contributed by atoms with E-state index < -0.39 is 0 Å². The van der Waals surface area contributed by atoms with Crippen molar-refractivity contribution in [3.05, 3.63) is 36.3 Å². The largest absolute Gasteiger partial charge is 0.368 e. The Morgan fingerprint density at radius 3 is 2.65 bits per heavy atom. The first kappa shape index (κ1) is 21.3. The topological polar surface area (TPSA) is 91.2 Å².